The lowest BCUT2D eigenvalue weighted by atomic mass is 9.86. The molecule has 6 rings (SSSR count). The quantitative estimate of drug-likeness (QED) is 0.256. The highest BCUT2D eigenvalue weighted by molar-refractivity contribution is 6.03. The van der Waals surface area contributed by atoms with Crippen molar-refractivity contribution in [1.29, 1.82) is 0 Å². The first-order valence-corrected chi connectivity index (χ1v) is 11.2. The molecule has 0 N–H and O–H groups in total. The molecular formula is C32H20F2. The van der Waals surface area contributed by atoms with Gasteiger partial charge in [0.1, 0.15) is 11.6 Å². The summed E-state index contributed by atoms with van der Waals surface area (Å²) in [6.07, 6.45) is 0. The van der Waals surface area contributed by atoms with Crippen molar-refractivity contribution in [2.75, 3.05) is 0 Å². The van der Waals surface area contributed by atoms with E-state index in [-0.39, 0.29) is 11.6 Å². The Labute approximate surface area is 196 Å². The summed E-state index contributed by atoms with van der Waals surface area (Å²) in [5, 5.41) is 4.49. The summed E-state index contributed by atoms with van der Waals surface area (Å²) in [4.78, 5) is 0. The molecule has 0 bridgehead atoms. The van der Waals surface area contributed by atoms with Gasteiger partial charge < -0.3 is 0 Å². The molecule has 0 unspecified atom stereocenters. The maximum absolute atomic E-state index is 13.7. The Morgan fingerprint density at radius 3 is 0.941 bits per heavy atom. The molecule has 0 heterocycles. The van der Waals surface area contributed by atoms with E-state index < -0.39 is 0 Å². The van der Waals surface area contributed by atoms with E-state index in [1.807, 2.05) is 48.5 Å². The highest BCUT2D eigenvalue weighted by Crippen LogP contribution is 2.42. The Balaban J connectivity index is 1.71. The van der Waals surface area contributed by atoms with Crippen molar-refractivity contribution in [2.45, 2.75) is 0 Å². The van der Waals surface area contributed by atoms with Gasteiger partial charge in [-0.2, -0.15) is 0 Å². The number of hydrogen-bond donors (Lipinski definition) is 0. The van der Waals surface area contributed by atoms with E-state index in [1.54, 1.807) is 0 Å². The largest absolute Gasteiger partial charge is 0.207 e. The van der Waals surface area contributed by atoms with Crippen LogP contribution in [0.1, 0.15) is 0 Å². The molecule has 0 aliphatic heterocycles. The van der Waals surface area contributed by atoms with E-state index >= 15 is 0 Å². The average Bonchev–Trinajstić information content (AvgIpc) is 2.88. The van der Waals surface area contributed by atoms with Gasteiger partial charge in [-0.05, 0) is 103 Å². The molecule has 2 heteroatoms. The van der Waals surface area contributed by atoms with Gasteiger partial charge in [-0.25, -0.2) is 8.78 Å². The van der Waals surface area contributed by atoms with Crippen LogP contribution in [-0.2, 0) is 0 Å². The molecule has 0 radical (unpaired) electrons. The third kappa shape index (κ3) is 3.64. The van der Waals surface area contributed by atoms with Crippen LogP contribution in [0.2, 0.25) is 0 Å². The Morgan fingerprint density at radius 2 is 0.618 bits per heavy atom. The molecule has 0 aromatic heterocycles. The molecule has 0 amide bonds. The summed E-state index contributed by atoms with van der Waals surface area (Å²) in [5.74, 6) is -0.521. The minimum absolute atomic E-state index is 0.260. The zero-order valence-electron chi connectivity index (χ0n) is 18.3. The lowest BCUT2D eigenvalue weighted by Crippen LogP contribution is -1.92. The number of rotatable bonds is 3. The number of fused-ring (bicyclic) bond motifs is 2. The van der Waals surface area contributed by atoms with Crippen molar-refractivity contribution in [3.8, 4) is 33.4 Å². The van der Waals surface area contributed by atoms with E-state index in [2.05, 4.69) is 48.5 Å². The predicted octanol–water partition coefficient (Wildman–Crippen LogP) is 9.27. The first-order chi connectivity index (χ1) is 16.7. The Morgan fingerprint density at radius 1 is 0.324 bits per heavy atom. The molecule has 0 nitrogen and oxygen atoms in total. The first kappa shape index (κ1) is 20.3. The van der Waals surface area contributed by atoms with Crippen LogP contribution in [0.25, 0.3) is 54.9 Å². The van der Waals surface area contributed by atoms with Crippen LogP contribution in [0.15, 0.2) is 121 Å². The molecule has 0 saturated heterocycles. The maximum atomic E-state index is 13.7. The lowest BCUT2D eigenvalue weighted by Gasteiger charge is -2.18. The third-order valence-corrected chi connectivity index (χ3v) is 6.37. The van der Waals surface area contributed by atoms with Crippen LogP contribution < -0.4 is 0 Å². The lowest BCUT2D eigenvalue weighted by molar-refractivity contribution is 0.627. The van der Waals surface area contributed by atoms with Gasteiger partial charge in [0.2, 0.25) is 0 Å². The molecule has 0 atom stereocenters. The summed E-state index contributed by atoms with van der Waals surface area (Å²) in [5.41, 5.74) is 6.04. The average molecular weight is 443 g/mol. The van der Waals surface area contributed by atoms with Crippen molar-refractivity contribution < 1.29 is 8.78 Å². The second-order valence-electron chi connectivity index (χ2n) is 8.50. The van der Waals surface area contributed by atoms with Crippen LogP contribution in [0.3, 0.4) is 0 Å². The first-order valence-electron chi connectivity index (χ1n) is 11.2. The summed E-state index contributed by atoms with van der Waals surface area (Å²) >= 11 is 0. The van der Waals surface area contributed by atoms with Crippen molar-refractivity contribution in [2.24, 2.45) is 0 Å². The SMILES string of the molecule is Fc1ccc(-c2cc3ccccc3cc2-c2cc3ccccc3cc2-c2ccc(F)cc2)cc1. The zero-order valence-corrected chi connectivity index (χ0v) is 18.3. The van der Waals surface area contributed by atoms with Gasteiger partial charge in [-0.3, -0.25) is 0 Å². The van der Waals surface area contributed by atoms with E-state index in [0.717, 1.165) is 54.9 Å². The van der Waals surface area contributed by atoms with Crippen molar-refractivity contribution in [3.05, 3.63) is 133 Å². The van der Waals surface area contributed by atoms with Gasteiger partial charge in [-0.15, -0.1) is 0 Å². The number of halogens is 2. The van der Waals surface area contributed by atoms with Crippen molar-refractivity contribution in [3.63, 3.8) is 0 Å². The second kappa shape index (κ2) is 8.24. The van der Waals surface area contributed by atoms with Gasteiger partial charge >= 0.3 is 0 Å². The highest BCUT2D eigenvalue weighted by Gasteiger charge is 2.16. The Bertz CT molecular complexity index is 1520. The molecule has 0 saturated carbocycles. The molecule has 162 valence electrons. The zero-order chi connectivity index (χ0) is 23.1. The van der Waals surface area contributed by atoms with Crippen molar-refractivity contribution in [1.82, 2.24) is 0 Å². The molecule has 6 aromatic carbocycles. The van der Waals surface area contributed by atoms with E-state index in [9.17, 15) is 8.78 Å². The third-order valence-electron chi connectivity index (χ3n) is 6.37. The minimum atomic E-state index is -0.260. The molecule has 34 heavy (non-hydrogen) atoms. The smallest absolute Gasteiger partial charge is 0.123 e. The van der Waals surface area contributed by atoms with Gasteiger partial charge in [0.25, 0.3) is 0 Å². The van der Waals surface area contributed by atoms with Crippen LogP contribution in [0.4, 0.5) is 8.78 Å². The molecule has 6 aromatic rings. The topological polar surface area (TPSA) is 0 Å². The van der Waals surface area contributed by atoms with Crippen LogP contribution in [0.5, 0.6) is 0 Å². The highest BCUT2D eigenvalue weighted by atomic mass is 19.1. The van der Waals surface area contributed by atoms with E-state index in [4.69, 9.17) is 0 Å². The van der Waals surface area contributed by atoms with Crippen molar-refractivity contribution >= 4 is 21.5 Å². The minimum Gasteiger partial charge on any atom is -0.207 e. The molecule has 0 spiro atoms. The standard InChI is InChI=1S/C32H20F2/c33-27-13-9-21(10-14-27)29-17-23-5-1-3-7-25(23)19-31(29)32-20-26-8-4-2-6-24(26)18-30(32)22-11-15-28(34)16-12-22/h1-20H. The summed E-state index contributed by atoms with van der Waals surface area (Å²) < 4.78 is 27.5. The van der Waals surface area contributed by atoms with Gasteiger partial charge in [-0.1, -0.05) is 72.8 Å². The fourth-order valence-electron chi connectivity index (χ4n) is 4.66. The Hall–Kier alpha value is -4.30. The molecule has 0 aliphatic carbocycles. The van der Waals surface area contributed by atoms with Crippen LogP contribution in [-0.4, -0.2) is 0 Å². The van der Waals surface area contributed by atoms with Gasteiger partial charge in [0.05, 0.1) is 0 Å². The summed E-state index contributed by atoms with van der Waals surface area (Å²) in [6, 6.07) is 38.5. The van der Waals surface area contributed by atoms with Crippen LogP contribution in [0, 0.1) is 11.6 Å². The second-order valence-corrected chi connectivity index (χ2v) is 8.50. The van der Waals surface area contributed by atoms with Gasteiger partial charge in [0.15, 0.2) is 0 Å². The fraction of sp³-hybridized carbons (Fsp3) is 0. The van der Waals surface area contributed by atoms with Gasteiger partial charge in [0, 0.05) is 0 Å². The van der Waals surface area contributed by atoms with E-state index in [1.165, 1.54) is 24.3 Å². The molecule has 0 aliphatic rings. The predicted molar refractivity (Wildman–Crippen MR) is 138 cm³/mol. The summed E-state index contributed by atoms with van der Waals surface area (Å²) in [6.45, 7) is 0. The number of benzene rings is 6. The summed E-state index contributed by atoms with van der Waals surface area (Å²) in [7, 11) is 0. The molecular weight excluding hydrogens is 422 g/mol. The maximum Gasteiger partial charge on any atom is 0.123 e. The number of hydrogen-bond acceptors (Lipinski definition) is 0. The van der Waals surface area contributed by atoms with Crippen LogP contribution >= 0.6 is 0 Å². The molecule has 0 fully saturated rings. The fourth-order valence-corrected chi connectivity index (χ4v) is 4.66. The Kier molecular flexibility index (Phi) is 4.92. The van der Waals surface area contributed by atoms with E-state index in [0.29, 0.717) is 0 Å². The normalized spacial score (nSPS) is 11.2. The monoisotopic (exact) mass is 442 g/mol.